The van der Waals surface area contributed by atoms with Crippen molar-refractivity contribution >= 4 is 12.0 Å². The summed E-state index contributed by atoms with van der Waals surface area (Å²) in [5.74, 6) is -1.60. The van der Waals surface area contributed by atoms with Crippen LogP contribution in [0.5, 0.6) is 11.6 Å². The number of aliphatic carboxylic acids is 1. The molecule has 27 heavy (non-hydrogen) atoms. The van der Waals surface area contributed by atoms with Gasteiger partial charge in [-0.05, 0) is 36.6 Å². The van der Waals surface area contributed by atoms with Crippen LogP contribution in [-0.2, 0) is 11.3 Å². The second-order valence-corrected chi connectivity index (χ2v) is 6.32. The van der Waals surface area contributed by atoms with Gasteiger partial charge in [-0.1, -0.05) is 12.1 Å². The number of piperidine rings is 1. The number of hydrogen-bond donors (Lipinski definition) is 2. The number of nitrogens with zero attached hydrogens (tertiary/aromatic N) is 2. The second kappa shape index (κ2) is 8.48. The highest BCUT2D eigenvalue weighted by molar-refractivity contribution is 5.76. The van der Waals surface area contributed by atoms with Gasteiger partial charge in [0.15, 0.2) is 11.6 Å². The van der Waals surface area contributed by atoms with Crippen LogP contribution in [0.15, 0.2) is 42.6 Å². The number of ether oxygens (including phenoxy) is 1. The molecular weight excluding hydrogens is 353 g/mol. The minimum Gasteiger partial charge on any atom is -0.481 e. The van der Waals surface area contributed by atoms with Gasteiger partial charge >= 0.3 is 12.0 Å². The summed E-state index contributed by atoms with van der Waals surface area (Å²) in [5, 5.41) is 11.9. The Labute approximate surface area is 155 Å². The van der Waals surface area contributed by atoms with Gasteiger partial charge in [-0.3, -0.25) is 4.79 Å². The number of carbonyl (C=O) groups is 2. The summed E-state index contributed by atoms with van der Waals surface area (Å²) in [4.78, 5) is 29.0. The van der Waals surface area contributed by atoms with Crippen molar-refractivity contribution in [1.29, 1.82) is 0 Å². The van der Waals surface area contributed by atoms with Gasteiger partial charge in [0.2, 0.25) is 5.88 Å². The van der Waals surface area contributed by atoms with Crippen molar-refractivity contribution in [2.75, 3.05) is 13.1 Å². The molecule has 0 spiro atoms. The monoisotopic (exact) mass is 373 g/mol. The van der Waals surface area contributed by atoms with Crippen molar-refractivity contribution in [2.24, 2.45) is 5.92 Å². The first-order valence-electron chi connectivity index (χ1n) is 8.66. The lowest BCUT2D eigenvalue weighted by Gasteiger charge is -2.30. The van der Waals surface area contributed by atoms with E-state index in [4.69, 9.17) is 9.84 Å². The molecule has 142 valence electrons. The predicted octanol–water partition coefficient (Wildman–Crippen LogP) is 3.02. The summed E-state index contributed by atoms with van der Waals surface area (Å²) >= 11 is 0. The van der Waals surface area contributed by atoms with Gasteiger partial charge in [0.25, 0.3) is 0 Å². The average Bonchev–Trinajstić information content (AvgIpc) is 2.68. The average molecular weight is 373 g/mol. The number of amides is 2. The van der Waals surface area contributed by atoms with Crippen molar-refractivity contribution in [3.05, 3.63) is 54.0 Å². The molecule has 3 rings (SSSR count). The highest BCUT2D eigenvalue weighted by atomic mass is 19.1. The lowest BCUT2D eigenvalue weighted by atomic mass is 9.99. The fourth-order valence-corrected chi connectivity index (χ4v) is 2.91. The van der Waals surface area contributed by atoms with Gasteiger partial charge < -0.3 is 20.1 Å². The minimum absolute atomic E-state index is 0.0687. The first kappa shape index (κ1) is 18.6. The molecule has 2 heterocycles. The van der Waals surface area contributed by atoms with Gasteiger partial charge in [0.1, 0.15) is 0 Å². The van der Waals surface area contributed by atoms with E-state index >= 15 is 0 Å². The Morgan fingerprint density at radius 3 is 2.93 bits per heavy atom. The van der Waals surface area contributed by atoms with Crippen LogP contribution in [0, 0.1) is 11.7 Å². The van der Waals surface area contributed by atoms with Crippen LogP contribution < -0.4 is 10.1 Å². The molecule has 0 radical (unpaired) electrons. The van der Waals surface area contributed by atoms with Gasteiger partial charge in [0.05, 0.1) is 5.92 Å². The molecule has 2 N–H and O–H groups in total. The summed E-state index contributed by atoms with van der Waals surface area (Å²) < 4.78 is 19.1. The van der Waals surface area contributed by atoms with Gasteiger partial charge in [-0.15, -0.1) is 0 Å². The normalized spacial score (nSPS) is 16.6. The zero-order chi connectivity index (χ0) is 19.2. The van der Waals surface area contributed by atoms with E-state index in [2.05, 4.69) is 10.3 Å². The third-order valence-corrected chi connectivity index (χ3v) is 4.35. The van der Waals surface area contributed by atoms with E-state index in [1.807, 2.05) is 0 Å². The number of likely N-dealkylation sites (tertiary alicyclic amines) is 1. The second-order valence-electron chi connectivity index (χ2n) is 6.32. The first-order chi connectivity index (χ1) is 13.0. The fraction of sp³-hybridized carbons (Fsp3) is 0.316. The summed E-state index contributed by atoms with van der Waals surface area (Å²) in [7, 11) is 0. The molecule has 2 amide bonds. The van der Waals surface area contributed by atoms with E-state index in [1.54, 1.807) is 24.3 Å². The number of benzene rings is 1. The Kier molecular flexibility index (Phi) is 5.85. The largest absolute Gasteiger partial charge is 0.481 e. The molecular formula is C19H20FN3O4. The number of para-hydroxylation sites is 1. The standard InChI is InChI=1S/C19H20FN3O4/c20-15-5-1-2-6-16(15)27-17-10-13(7-8-21-17)11-22-19(26)23-9-3-4-14(12-23)18(24)25/h1-2,5-8,10,14H,3-4,9,11-12H2,(H,22,26)(H,24,25). The van der Waals surface area contributed by atoms with Crippen molar-refractivity contribution < 1.29 is 23.8 Å². The molecule has 0 aliphatic carbocycles. The van der Waals surface area contributed by atoms with Crippen LogP contribution in [0.4, 0.5) is 9.18 Å². The van der Waals surface area contributed by atoms with Gasteiger partial charge in [0, 0.05) is 31.9 Å². The Morgan fingerprint density at radius 1 is 1.33 bits per heavy atom. The molecule has 0 saturated carbocycles. The quantitative estimate of drug-likeness (QED) is 0.841. The van der Waals surface area contributed by atoms with Crippen LogP contribution >= 0.6 is 0 Å². The lowest BCUT2D eigenvalue weighted by Crippen LogP contribution is -2.46. The van der Waals surface area contributed by atoms with Gasteiger partial charge in [-0.25, -0.2) is 14.2 Å². The molecule has 1 atom stereocenters. The van der Waals surface area contributed by atoms with Crippen LogP contribution in [0.25, 0.3) is 0 Å². The summed E-state index contributed by atoms with van der Waals surface area (Å²) in [6.07, 6.45) is 2.76. The Balaban J connectivity index is 1.57. The molecule has 1 aliphatic rings. The van der Waals surface area contributed by atoms with Crippen LogP contribution in [-0.4, -0.2) is 40.1 Å². The summed E-state index contributed by atoms with van der Waals surface area (Å²) in [6, 6.07) is 9.04. The number of urea groups is 1. The number of halogens is 1. The Hall–Kier alpha value is -3.16. The van der Waals surface area contributed by atoms with Crippen LogP contribution in [0.1, 0.15) is 18.4 Å². The predicted molar refractivity (Wildman–Crippen MR) is 94.9 cm³/mol. The third-order valence-electron chi connectivity index (χ3n) is 4.35. The van der Waals surface area contributed by atoms with E-state index in [-0.39, 0.29) is 30.8 Å². The lowest BCUT2D eigenvalue weighted by molar-refractivity contribution is -0.143. The molecule has 7 nitrogen and oxygen atoms in total. The Morgan fingerprint density at radius 2 is 2.15 bits per heavy atom. The number of nitrogens with one attached hydrogen (secondary N) is 1. The number of carboxylic acids is 1. The number of aromatic nitrogens is 1. The van der Waals surface area contributed by atoms with Crippen LogP contribution in [0.3, 0.4) is 0 Å². The third kappa shape index (κ3) is 4.93. The molecule has 1 aliphatic heterocycles. The van der Waals surface area contributed by atoms with Crippen molar-refractivity contribution in [1.82, 2.24) is 15.2 Å². The number of hydrogen-bond acceptors (Lipinski definition) is 4. The van der Waals surface area contributed by atoms with E-state index < -0.39 is 17.7 Å². The van der Waals surface area contributed by atoms with E-state index in [1.165, 1.54) is 23.2 Å². The Bertz CT molecular complexity index is 830. The summed E-state index contributed by atoms with van der Waals surface area (Å²) in [6.45, 7) is 0.968. The number of pyridine rings is 1. The SMILES string of the molecule is O=C(O)C1CCCN(C(=O)NCc2ccnc(Oc3ccccc3F)c2)C1. The molecule has 1 unspecified atom stereocenters. The maximum Gasteiger partial charge on any atom is 0.317 e. The highest BCUT2D eigenvalue weighted by Gasteiger charge is 2.27. The molecule has 1 aromatic carbocycles. The van der Waals surface area contributed by atoms with Gasteiger partial charge in [-0.2, -0.15) is 0 Å². The fourth-order valence-electron chi connectivity index (χ4n) is 2.91. The van der Waals surface area contributed by atoms with E-state index in [0.29, 0.717) is 19.4 Å². The smallest absolute Gasteiger partial charge is 0.317 e. The molecule has 8 heteroatoms. The molecule has 1 saturated heterocycles. The molecule has 1 aromatic heterocycles. The molecule has 2 aromatic rings. The minimum atomic E-state index is -0.878. The van der Waals surface area contributed by atoms with Crippen LogP contribution in [0.2, 0.25) is 0 Å². The van der Waals surface area contributed by atoms with E-state index in [9.17, 15) is 14.0 Å². The highest BCUT2D eigenvalue weighted by Crippen LogP contribution is 2.23. The number of rotatable bonds is 5. The first-order valence-corrected chi connectivity index (χ1v) is 8.66. The van der Waals surface area contributed by atoms with E-state index in [0.717, 1.165) is 5.56 Å². The van der Waals surface area contributed by atoms with Crippen molar-refractivity contribution in [3.8, 4) is 11.6 Å². The number of carboxylic acid groups (broad SMARTS) is 1. The zero-order valence-electron chi connectivity index (χ0n) is 14.6. The molecule has 1 fully saturated rings. The zero-order valence-corrected chi connectivity index (χ0v) is 14.6. The maximum absolute atomic E-state index is 13.7. The topological polar surface area (TPSA) is 91.8 Å². The van der Waals surface area contributed by atoms with Crippen molar-refractivity contribution in [2.45, 2.75) is 19.4 Å². The molecule has 0 bridgehead atoms. The maximum atomic E-state index is 13.7. The number of carbonyl (C=O) groups excluding carboxylic acids is 1. The summed E-state index contributed by atoms with van der Waals surface area (Å²) in [5.41, 5.74) is 0.733. The van der Waals surface area contributed by atoms with Crippen molar-refractivity contribution in [3.63, 3.8) is 0 Å².